The SMILES string of the molecule is Clc1ccc2ccc(Cl)cc2c1.O=C(O)c1ccc(C(=O)O)c2c(C(=O)O)ccc(C(=O)O)c12. The molecule has 0 radical (unpaired) electrons. The lowest BCUT2D eigenvalue weighted by Gasteiger charge is -2.11. The van der Waals surface area contributed by atoms with Gasteiger partial charge in [0.25, 0.3) is 0 Å². The van der Waals surface area contributed by atoms with Crippen LogP contribution >= 0.6 is 23.2 Å². The molecular formula is C24H14Cl2O8. The number of aromatic carboxylic acids is 4. The normalized spacial score (nSPS) is 10.4. The van der Waals surface area contributed by atoms with Crippen molar-refractivity contribution in [2.75, 3.05) is 0 Å². The molecule has 0 aliphatic rings. The summed E-state index contributed by atoms with van der Waals surface area (Å²) in [6.07, 6.45) is 0. The average Bonchev–Trinajstić information content (AvgIpc) is 2.77. The summed E-state index contributed by atoms with van der Waals surface area (Å²) in [5, 5.41) is 39.5. The van der Waals surface area contributed by atoms with Crippen molar-refractivity contribution in [2.45, 2.75) is 0 Å². The average molecular weight is 501 g/mol. The monoisotopic (exact) mass is 500 g/mol. The first-order valence-electron chi connectivity index (χ1n) is 9.39. The van der Waals surface area contributed by atoms with Gasteiger partial charge in [0, 0.05) is 20.8 Å². The van der Waals surface area contributed by atoms with E-state index in [0.717, 1.165) is 45.1 Å². The zero-order chi connectivity index (χ0) is 25.2. The Kier molecular flexibility index (Phi) is 7.05. The summed E-state index contributed by atoms with van der Waals surface area (Å²) in [6.45, 7) is 0. The summed E-state index contributed by atoms with van der Waals surface area (Å²) >= 11 is 11.7. The maximum Gasteiger partial charge on any atom is 0.336 e. The van der Waals surface area contributed by atoms with Crippen LogP contribution in [0.5, 0.6) is 0 Å². The zero-order valence-electron chi connectivity index (χ0n) is 17.0. The van der Waals surface area contributed by atoms with Crippen molar-refractivity contribution in [3.05, 3.63) is 93.0 Å². The van der Waals surface area contributed by atoms with Gasteiger partial charge in [-0.25, -0.2) is 19.2 Å². The van der Waals surface area contributed by atoms with E-state index in [9.17, 15) is 19.2 Å². The van der Waals surface area contributed by atoms with Gasteiger partial charge in [0.05, 0.1) is 22.3 Å². The number of halogens is 2. The van der Waals surface area contributed by atoms with Gasteiger partial charge in [0.1, 0.15) is 0 Å². The van der Waals surface area contributed by atoms with Crippen molar-refractivity contribution < 1.29 is 39.6 Å². The summed E-state index contributed by atoms with van der Waals surface area (Å²) in [5.74, 6) is -5.97. The lowest BCUT2D eigenvalue weighted by Crippen LogP contribution is -2.11. The smallest absolute Gasteiger partial charge is 0.336 e. The quantitative estimate of drug-likeness (QED) is 0.275. The molecule has 0 atom stereocenters. The van der Waals surface area contributed by atoms with Crippen molar-refractivity contribution in [1.29, 1.82) is 0 Å². The van der Waals surface area contributed by atoms with E-state index in [2.05, 4.69) is 0 Å². The van der Waals surface area contributed by atoms with Crippen LogP contribution in [0.4, 0.5) is 0 Å². The highest BCUT2D eigenvalue weighted by atomic mass is 35.5. The van der Waals surface area contributed by atoms with E-state index < -0.39 is 56.9 Å². The summed E-state index contributed by atoms with van der Waals surface area (Å²) in [7, 11) is 0. The van der Waals surface area contributed by atoms with Gasteiger partial charge in [-0.3, -0.25) is 0 Å². The van der Waals surface area contributed by atoms with Crippen LogP contribution in [0.2, 0.25) is 10.0 Å². The third-order valence-corrected chi connectivity index (χ3v) is 5.32. The van der Waals surface area contributed by atoms with E-state index in [1.807, 2.05) is 36.4 Å². The van der Waals surface area contributed by atoms with Crippen LogP contribution in [0.25, 0.3) is 21.5 Å². The van der Waals surface area contributed by atoms with Crippen molar-refractivity contribution >= 4 is 68.6 Å². The Balaban J connectivity index is 0.000000226. The number of hydrogen-bond acceptors (Lipinski definition) is 4. The lowest BCUT2D eigenvalue weighted by atomic mass is 9.91. The van der Waals surface area contributed by atoms with Crippen LogP contribution in [-0.2, 0) is 0 Å². The molecule has 0 unspecified atom stereocenters. The summed E-state index contributed by atoms with van der Waals surface area (Å²) in [5.41, 5.74) is -1.94. The van der Waals surface area contributed by atoms with Crippen LogP contribution in [0.3, 0.4) is 0 Å². The molecule has 0 spiro atoms. The summed E-state index contributed by atoms with van der Waals surface area (Å²) in [4.78, 5) is 45.1. The largest absolute Gasteiger partial charge is 0.478 e. The topological polar surface area (TPSA) is 149 Å². The number of rotatable bonds is 4. The van der Waals surface area contributed by atoms with E-state index in [-0.39, 0.29) is 0 Å². The van der Waals surface area contributed by atoms with E-state index in [0.29, 0.717) is 0 Å². The zero-order valence-corrected chi connectivity index (χ0v) is 18.5. The minimum absolute atomic E-state index is 0.431. The molecule has 0 bridgehead atoms. The molecule has 34 heavy (non-hydrogen) atoms. The van der Waals surface area contributed by atoms with E-state index in [4.69, 9.17) is 43.6 Å². The first-order valence-corrected chi connectivity index (χ1v) is 10.1. The number of fused-ring (bicyclic) bond motifs is 2. The number of carbonyl (C=O) groups is 4. The molecule has 4 aromatic carbocycles. The predicted octanol–water partition coefficient (Wildman–Crippen LogP) is 5.78. The maximum absolute atomic E-state index is 11.3. The van der Waals surface area contributed by atoms with Gasteiger partial charge in [-0.1, -0.05) is 35.3 Å². The highest BCUT2D eigenvalue weighted by Crippen LogP contribution is 2.30. The molecule has 0 heterocycles. The van der Waals surface area contributed by atoms with Gasteiger partial charge in [-0.2, -0.15) is 0 Å². The Morgan fingerprint density at radius 3 is 1.03 bits per heavy atom. The highest BCUT2D eigenvalue weighted by molar-refractivity contribution is 6.32. The number of hydrogen-bond donors (Lipinski definition) is 4. The van der Waals surface area contributed by atoms with E-state index in [1.165, 1.54) is 0 Å². The number of carboxylic acids is 4. The van der Waals surface area contributed by atoms with Crippen molar-refractivity contribution in [3.63, 3.8) is 0 Å². The molecular weight excluding hydrogens is 487 g/mol. The van der Waals surface area contributed by atoms with Crippen molar-refractivity contribution in [3.8, 4) is 0 Å². The van der Waals surface area contributed by atoms with Gasteiger partial charge in [0.2, 0.25) is 0 Å². The molecule has 4 aromatic rings. The summed E-state index contributed by atoms with van der Waals surface area (Å²) < 4.78 is 0. The molecule has 0 saturated heterocycles. The van der Waals surface area contributed by atoms with Crippen molar-refractivity contribution in [2.24, 2.45) is 0 Å². The Morgan fingerprint density at radius 2 is 0.765 bits per heavy atom. The Bertz CT molecular complexity index is 1320. The van der Waals surface area contributed by atoms with Crippen LogP contribution in [0.1, 0.15) is 41.4 Å². The fourth-order valence-electron chi connectivity index (χ4n) is 3.40. The minimum atomic E-state index is -1.49. The Labute approximate surface area is 201 Å². The molecule has 0 fully saturated rings. The first kappa shape index (κ1) is 24.5. The van der Waals surface area contributed by atoms with E-state index >= 15 is 0 Å². The Morgan fingerprint density at radius 1 is 0.471 bits per heavy atom. The van der Waals surface area contributed by atoms with Crippen LogP contribution < -0.4 is 0 Å². The molecule has 4 rings (SSSR count). The lowest BCUT2D eigenvalue weighted by molar-refractivity contribution is 0.0675. The molecule has 0 aromatic heterocycles. The molecule has 0 amide bonds. The Hall–Kier alpha value is -4.14. The molecule has 4 N–H and O–H groups in total. The summed E-state index contributed by atoms with van der Waals surface area (Å²) in [6, 6.07) is 15.3. The van der Waals surface area contributed by atoms with Crippen LogP contribution in [-0.4, -0.2) is 44.3 Å². The second kappa shape index (κ2) is 9.78. The third kappa shape index (κ3) is 4.93. The van der Waals surface area contributed by atoms with Gasteiger partial charge < -0.3 is 20.4 Å². The van der Waals surface area contributed by atoms with Gasteiger partial charge in [-0.15, -0.1) is 0 Å². The molecule has 8 nitrogen and oxygen atoms in total. The highest BCUT2D eigenvalue weighted by Gasteiger charge is 2.25. The predicted molar refractivity (Wildman–Crippen MR) is 126 cm³/mol. The van der Waals surface area contributed by atoms with E-state index in [1.54, 1.807) is 0 Å². The third-order valence-electron chi connectivity index (χ3n) is 4.85. The number of benzene rings is 4. The number of carboxylic acid groups (broad SMARTS) is 4. The molecule has 10 heteroatoms. The van der Waals surface area contributed by atoms with Gasteiger partial charge >= 0.3 is 23.9 Å². The fourth-order valence-corrected chi connectivity index (χ4v) is 3.76. The fraction of sp³-hybridized carbons (Fsp3) is 0. The van der Waals surface area contributed by atoms with Crippen LogP contribution in [0.15, 0.2) is 60.7 Å². The maximum atomic E-state index is 11.3. The molecule has 0 aliphatic carbocycles. The standard InChI is InChI=1S/C14H8O8.C10H6Cl2/c15-11(16)5-1-2-6(12(17)18)10-8(14(21)22)4-3-7(9(5)10)13(19)20;11-9-3-1-7-2-4-10(12)6-8(7)5-9/h1-4H,(H,15,16)(H,17,18)(H,19,20)(H,21,22);1-6H. The van der Waals surface area contributed by atoms with Crippen LogP contribution in [0, 0.1) is 0 Å². The second-order valence-electron chi connectivity index (χ2n) is 6.93. The second-order valence-corrected chi connectivity index (χ2v) is 7.80. The first-order chi connectivity index (χ1) is 16.0. The van der Waals surface area contributed by atoms with Gasteiger partial charge in [-0.05, 0) is 59.3 Å². The minimum Gasteiger partial charge on any atom is -0.478 e. The molecule has 172 valence electrons. The molecule has 0 aliphatic heterocycles. The van der Waals surface area contributed by atoms with Gasteiger partial charge in [0.15, 0.2) is 0 Å². The van der Waals surface area contributed by atoms with Crippen molar-refractivity contribution in [1.82, 2.24) is 0 Å². The molecule has 0 saturated carbocycles.